The molecule has 0 aliphatic heterocycles. The molecule has 1 aromatic heterocycles. The summed E-state index contributed by atoms with van der Waals surface area (Å²) in [7, 11) is 0. The van der Waals surface area contributed by atoms with Crippen LogP contribution in [-0.4, -0.2) is 4.98 Å². The first-order valence-corrected chi connectivity index (χ1v) is 3.64. The summed E-state index contributed by atoms with van der Waals surface area (Å²) in [5.74, 6) is 0. The largest absolute Gasteiger partial charge is 0.265 e. The van der Waals surface area contributed by atoms with Gasteiger partial charge in [0.25, 0.3) is 0 Å². The van der Waals surface area contributed by atoms with E-state index < -0.39 is 0 Å². The number of pyridine rings is 1. The lowest BCUT2D eigenvalue weighted by Crippen LogP contribution is -1.84. The van der Waals surface area contributed by atoms with Crippen LogP contribution in [0.4, 0.5) is 0 Å². The van der Waals surface area contributed by atoms with E-state index in [1.54, 1.807) is 0 Å². The van der Waals surface area contributed by atoms with Gasteiger partial charge >= 0.3 is 0 Å². The van der Waals surface area contributed by atoms with Crippen LogP contribution in [0.3, 0.4) is 0 Å². The van der Waals surface area contributed by atoms with Crippen molar-refractivity contribution in [2.24, 2.45) is 0 Å². The SMILES string of the molecule is CC[CH]Cc1ccncc1. The van der Waals surface area contributed by atoms with E-state index >= 15 is 0 Å². The molecular formula is C9H12N. The predicted molar refractivity (Wildman–Crippen MR) is 42.5 cm³/mol. The Labute approximate surface area is 62.1 Å². The fourth-order valence-corrected chi connectivity index (χ4v) is 0.830. The molecule has 0 aromatic carbocycles. The molecule has 0 atom stereocenters. The monoisotopic (exact) mass is 134 g/mol. The van der Waals surface area contributed by atoms with Gasteiger partial charge in [0.2, 0.25) is 0 Å². The van der Waals surface area contributed by atoms with E-state index in [2.05, 4.69) is 18.3 Å². The van der Waals surface area contributed by atoms with Gasteiger partial charge in [-0.2, -0.15) is 0 Å². The second-order valence-electron chi connectivity index (χ2n) is 2.26. The lowest BCUT2D eigenvalue weighted by atomic mass is 10.1. The highest BCUT2D eigenvalue weighted by atomic mass is 14.6. The van der Waals surface area contributed by atoms with Crippen LogP contribution in [0.25, 0.3) is 0 Å². The van der Waals surface area contributed by atoms with Gasteiger partial charge in [-0.25, -0.2) is 0 Å². The maximum Gasteiger partial charge on any atom is 0.0270 e. The van der Waals surface area contributed by atoms with Crippen LogP contribution >= 0.6 is 0 Å². The Morgan fingerprint density at radius 2 is 2.10 bits per heavy atom. The number of rotatable bonds is 3. The fourth-order valence-electron chi connectivity index (χ4n) is 0.830. The molecular weight excluding hydrogens is 122 g/mol. The van der Waals surface area contributed by atoms with Crippen molar-refractivity contribution < 1.29 is 0 Å². The molecule has 0 bridgehead atoms. The normalized spacial score (nSPS) is 9.70. The zero-order chi connectivity index (χ0) is 7.23. The van der Waals surface area contributed by atoms with Crippen molar-refractivity contribution in [2.45, 2.75) is 19.8 Å². The zero-order valence-corrected chi connectivity index (χ0v) is 6.25. The van der Waals surface area contributed by atoms with Crippen molar-refractivity contribution in [1.29, 1.82) is 0 Å². The summed E-state index contributed by atoms with van der Waals surface area (Å²) < 4.78 is 0. The molecule has 0 amide bonds. The first kappa shape index (κ1) is 7.26. The maximum absolute atomic E-state index is 3.94. The number of nitrogens with zero attached hydrogens (tertiary/aromatic N) is 1. The van der Waals surface area contributed by atoms with Crippen LogP contribution in [0.15, 0.2) is 24.5 Å². The first-order valence-electron chi connectivity index (χ1n) is 3.64. The summed E-state index contributed by atoms with van der Waals surface area (Å²) >= 11 is 0. The van der Waals surface area contributed by atoms with E-state index in [4.69, 9.17) is 0 Å². The number of hydrogen-bond acceptors (Lipinski definition) is 1. The highest BCUT2D eigenvalue weighted by Crippen LogP contribution is 2.00. The Balaban J connectivity index is 2.43. The van der Waals surface area contributed by atoms with Crippen LogP contribution < -0.4 is 0 Å². The van der Waals surface area contributed by atoms with E-state index in [9.17, 15) is 0 Å². The smallest absolute Gasteiger partial charge is 0.0270 e. The van der Waals surface area contributed by atoms with Gasteiger partial charge in [-0.3, -0.25) is 4.98 Å². The second kappa shape index (κ2) is 4.04. The van der Waals surface area contributed by atoms with E-state index in [0.29, 0.717) is 0 Å². The van der Waals surface area contributed by atoms with E-state index in [1.165, 1.54) is 5.56 Å². The van der Waals surface area contributed by atoms with E-state index in [-0.39, 0.29) is 0 Å². The molecule has 53 valence electrons. The van der Waals surface area contributed by atoms with Crippen molar-refractivity contribution >= 4 is 0 Å². The molecule has 1 nitrogen and oxygen atoms in total. The van der Waals surface area contributed by atoms with Gasteiger partial charge in [0.05, 0.1) is 0 Å². The second-order valence-corrected chi connectivity index (χ2v) is 2.26. The number of aromatic nitrogens is 1. The standard InChI is InChI=1S/C9H12N/c1-2-3-4-9-5-7-10-8-6-9/h3,5-8H,2,4H2,1H3. The highest BCUT2D eigenvalue weighted by Gasteiger charge is 1.88. The molecule has 1 heterocycles. The lowest BCUT2D eigenvalue weighted by molar-refractivity contribution is 0.994. The van der Waals surface area contributed by atoms with E-state index in [0.717, 1.165) is 12.8 Å². The van der Waals surface area contributed by atoms with Crippen molar-refractivity contribution in [1.82, 2.24) is 4.98 Å². The summed E-state index contributed by atoms with van der Waals surface area (Å²) in [6, 6.07) is 4.10. The fraction of sp³-hybridized carbons (Fsp3) is 0.333. The third-order valence-corrected chi connectivity index (χ3v) is 1.42. The van der Waals surface area contributed by atoms with E-state index in [1.807, 2.05) is 24.5 Å². The minimum absolute atomic E-state index is 1.07. The predicted octanol–water partition coefficient (Wildman–Crippen LogP) is 2.24. The van der Waals surface area contributed by atoms with Gasteiger partial charge in [0.1, 0.15) is 0 Å². The molecule has 1 aromatic rings. The molecule has 0 fully saturated rings. The molecule has 1 heteroatoms. The van der Waals surface area contributed by atoms with Crippen LogP contribution in [0.2, 0.25) is 0 Å². The molecule has 10 heavy (non-hydrogen) atoms. The average Bonchev–Trinajstić information content (AvgIpc) is 2.03. The maximum atomic E-state index is 3.94. The molecule has 0 aliphatic rings. The van der Waals surface area contributed by atoms with Crippen molar-refractivity contribution in [3.05, 3.63) is 36.5 Å². The molecule has 0 N–H and O–H groups in total. The molecule has 0 spiro atoms. The Hall–Kier alpha value is -0.850. The van der Waals surface area contributed by atoms with Crippen molar-refractivity contribution in [3.63, 3.8) is 0 Å². The summed E-state index contributed by atoms with van der Waals surface area (Å²) in [6.07, 6.45) is 8.13. The third kappa shape index (κ3) is 2.18. The Kier molecular flexibility index (Phi) is 2.94. The van der Waals surface area contributed by atoms with Crippen LogP contribution in [-0.2, 0) is 6.42 Å². The van der Waals surface area contributed by atoms with Crippen molar-refractivity contribution in [3.8, 4) is 0 Å². The molecule has 1 radical (unpaired) electrons. The summed E-state index contributed by atoms with van der Waals surface area (Å²) in [6.45, 7) is 2.15. The Morgan fingerprint density at radius 3 is 2.70 bits per heavy atom. The molecule has 1 rings (SSSR count). The number of unbranched alkanes of at least 4 members (excludes halogenated alkanes) is 1. The number of hydrogen-bond donors (Lipinski definition) is 0. The van der Waals surface area contributed by atoms with Gasteiger partial charge in [-0.1, -0.05) is 13.3 Å². The summed E-state index contributed by atoms with van der Waals surface area (Å²) in [5.41, 5.74) is 1.34. The molecule has 0 saturated carbocycles. The zero-order valence-electron chi connectivity index (χ0n) is 6.25. The molecule has 0 aliphatic carbocycles. The van der Waals surface area contributed by atoms with Gasteiger partial charge in [0.15, 0.2) is 0 Å². The van der Waals surface area contributed by atoms with Gasteiger partial charge < -0.3 is 0 Å². The summed E-state index contributed by atoms with van der Waals surface area (Å²) in [5, 5.41) is 0. The molecule has 0 saturated heterocycles. The van der Waals surface area contributed by atoms with Crippen LogP contribution in [0, 0.1) is 6.42 Å². The first-order chi connectivity index (χ1) is 4.93. The lowest BCUT2D eigenvalue weighted by Gasteiger charge is -1.95. The Bertz CT molecular complexity index is 169. The van der Waals surface area contributed by atoms with Gasteiger partial charge in [-0.15, -0.1) is 0 Å². The summed E-state index contributed by atoms with van der Waals surface area (Å²) in [4.78, 5) is 3.94. The molecule has 0 unspecified atom stereocenters. The van der Waals surface area contributed by atoms with Crippen LogP contribution in [0.5, 0.6) is 0 Å². The van der Waals surface area contributed by atoms with Crippen LogP contribution in [0.1, 0.15) is 18.9 Å². The quantitative estimate of drug-likeness (QED) is 0.617. The topological polar surface area (TPSA) is 12.9 Å². The minimum atomic E-state index is 1.07. The van der Waals surface area contributed by atoms with Gasteiger partial charge in [0, 0.05) is 12.4 Å². The van der Waals surface area contributed by atoms with Crippen molar-refractivity contribution in [2.75, 3.05) is 0 Å². The highest BCUT2D eigenvalue weighted by molar-refractivity contribution is 5.11. The average molecular weight is 134 g/mol. The third-order valence-electron chi connectivity index (χ3n) is 1.42. The Morgan fingerprint density at radius 1 is 1.40 bits per heavy atom. The van der Waals surface area contributed by atoms with Gasteiger partial charge in [-0.05, 0) is 30.5 Å². The minimum Gasteiger partial charge on any atom is -0.265 e.